The Balaban J connectivity index is 1.52. The largest absolute Gasteiger partial charge is 0.488 e. The highest BCUT2D eigenvalue weighted by Gasteiger charge is 2.46. The zero-order valence-corrected chi connectivity index (χ0v) is 19.1. The van der Waals surface area contributed by atoms with Crippen molar-refractivity contribution in [3.63, 3.8) is 0 Å². The highest BCUT2D eigenvalue weighted by atomic mass is 32.1. The van der Waals surface area contributed by atoms with Crippen LogP contribution >= 0.6 is 11.3 Å². The first-order valence-corrected chi connectivity index (χ1v) is 11.3. The van der Waals surface area contributed by atoms with Crippen molar-refractivity contribution in [3.05, 3.63) is 34.8 Å². The first-order chi connectivity index (χ1) is 14.7. The number of aryl methyl sites for hydroxylation is 1. The first kappa shape index (κ1) is 21.6. The molecule has 1 amide bonds. The number of thiazole rings is 1. The fraction of sp³-hybridized carbons (Fsp3) is 0.522. The lowest BCUT2D eigenvalue weighted by molar-refractivity contribution is -0.0902. The van der Waals surface area contributed by atoms with Crippen LogP contribution in [0.1, 0.15) is 44.1 Å². The van der Waals surface area contributed by atoms with Crippen LogP contribution in [0, 0.1) is 18.3 Å². The van der Waals surface area contributed by atoms with Crippen LogP contribution in [0.2, 0.25) is 0 Å². The molecule has 0 bridgehead atoms. The van der Waals surface area contributed by atoms with E-state index in [0.29, 0.717) is 24.5 Å². The third-order valence-corrected chi connectivity index (χ3v) is 6.32. The Morgan fingerprint density at radius 1 is 1.32 bits per heavy atom. The molecule has 7 nitrogen and oxygen atoms in total. The van der Waals surface area contributed by atoms with Gasteiger partial charge >= 0.3 is 6.09 Å². The summed E-state index contributed by atoms with van der Waals surface area (Å²) in [4.78, 5) is 20.0. The topological polar surface area (TPSA) is 84.7 Å². The van der Waals surface area contributed by atoms with Gasteiger partial charge in [0, 0.05) is 23.2 Å². The van der Waals surface area contributed by atoms with E-state index in [1.165, 1.54) is 0 Å². The highest BCUT2D eigenvalue weighted by molar-refractivity contribution is 7.14. The summed E-state index contributed by atoms with van der Waals surface area (Å²) in [5.41, 5.74) is 0.846. The number of amides is 1. The Morgan fingerprint density at radius 3 is 2.81 bits per heavy atom. The van der Waals surface area contributed by atoms with E-state index in [4.69, 9.17) is 14.2 Å². The number of nitriles is 1. The standard InChI is InChI=1S/C23H27N3O4S/c1-14-13-25-21(31-14)16-9-15(12-24)10-17(11-16)29-19-6-5-18-20(19)28-8-7-26(18)22(27)30-23(2,3)4/h9-11,13,18-20H,5-8H2,1-4H3/t18-,19-,20+/m0/s1. The van der Waals surface area contributed by atoms with Crippen molar-refractivity contribution < 1.29 is 19.0 Å². The summed E-state index contributed by atoms with van der Waals surface area (Å²) in [7, 11) is 0. The minimum atomic E-state index is -0.540. The average Bonchev–Trinajstić information content (AvgIpc) is 3.33. The van der Waals surface area contributed by atoms with E-state index in [9.17, 15) is 10.1 Å². The molecular weight excluding hydrogens is 414 g/mol. The van der Waals surface area contributed by atoms with E-state index in [1.807, 2.05) is 46.0 Å². The number of morpholine rings is 1. The summed E-state index contributed by atoms with van der Waals surface area (Å²) in [5.74, 6) is 0.616. The number of ether oxygens (including phenoxy) is 3. The van der Waals surface area contributed by atoms with Gasteiger partial charge in [-0.05, 0) is 58.7 Å². The van der Waals surface area contributed by atoms with Crippen molar-refractivity contribution in [2.45, 2.75) is 64.4 Å². The number of fused-ring (bicyclic) bond motifs is 1. The number of rotatable bonds is 3. The van der Waals surface area contributed by atoms with Gasteiger partial charge in [0.1, 0.15) is 28.6 Å². The van der Waals surface area contributed by atoms with E-state index < -0.39 is 5.60 Å². The lowest BCUT2D eigenvalue weighted by Crippen LogP contribution is -2.55. The van der Waals surface area contributed by atoms with Crippen molar-refractivity contribution in [3.8, 4) is 22.4 Å². The molecule has 0 N–H and O–H groups in total. The fourth-order valence-corrected chi connectivity index (χ4v) is 4.86. The van der Waals surface area contributed by atoms with E-state index >= 15 is 0 Å². The quantitative estimate of drug-likeness (QED) is 0.695. The molecule has 2 aromatic rings. The smallest absolute Gasteiger partial charge is 0.410 e. The molecule has 1 aromatic carbocycles. The van der Waals surface area contributed by atoms with Gasteiger partial charge in [-0.3, -0.25) is 0 Å². The number of carbonyl (C=O) groups excluding carboxylic acids is 1. The van der Waals surface area contributed by atoms with Gasteiger partial charge in [-0.2, -0.15) is 5.26 Å². The molecule has 1 aliphatic carbocycles. The lowest BCUT2D eigenvalue weighted by atomic mass is 10.1. The summed E-state index contributed by atoms with van der Waals surface area (Å²) < 4.78 is 17.9. The van der Waals surface area contributed by atoms with Crippen LogP contribution < -0.4 is 4.74 Å². The van der Waals surface area contributed by atoms with Gasteiger partial charge in [-0.15, -0.1) is 11.3 Å². The predicted molar refractivity (Wildman–Crippen MR) is 117 cm³/mol. The van der Waals surface area contributed by atoms with Crippen LogP contribution in [0.3, 0.4) is 0 Å². The van der Waals surface area contributed by atoms with Crippen molar-refractivity contribution in [2.75, 3.05) is 13.2 Å². The van der Waals surface area contributed by atoms with E-state index in [1.54, 1.807) is 22.3 Å². The first-order valence-electron chi connectivity index (χ1n) is 10.5. The minimum Gasteiger partial charge on any atom is -0.488 e. The van der Waals surface area contributed by atoms with Crippen molar-refractivity contribution in [1.82, 2.24) is 9.88 Å². The second-order valence-corrected chi connectivity index (χ2v) is 10.2. The van der Waals surface area contributed by atoms with Crippen LogP contribution in [0.15, 0.2) is 24.4 Å². The van der Waals surface area contributed by atoms with E-state index in [0.717, 1.165) is 28.3 Å². The van der Waals surface area contributed by atoms with Gasteiger partial charge in [0.2, 0.25) is 0 Å². The van der Waals surface area contributed by atoms with Crippen LogP contribution in [0.5, 0.6) is 5.75 Å². The van der Waals surface area contributed by atoms with Crippen LogP contribution in [-0.2, 0) is 9.47 Å². The number of benzene rings is 1. The zero-order valence-electron chi connectivity index (χ0n) is 18.3. The zero-order chi connectivity index (χ0) is 22.2. The molecule has 4 rings (SSSR count). The summed E-state index contributed by atoms with van der Waals surface area (Å²) in [5, 5.41) is 10.3. The maximum Gasteiger partial charge on any atom is 0.410 e. The SMILES string of the molecule is Cc1cnc(-c2cc(C#N)cc(O[C@H]3CC[C@H]4[C@H]3OCCN4C(=O)OC(C)(C)C)c2)s1. The highest BCUT2D eigenvalue weighted by Crippen LogP contribution is 2.35. The van der Waals surface area contributed by atoms with Crippen LogP contribution in [0.25, 0.3) is 10.6 Å². The summed E-state index contributed by atoms with van der Waals surface area (Å²) >= 11 is 1.58. The number of carbonyl (C=O) groups is 1. The van der Waals surface area contributed by atoms with Gasteiger partial charge in [0.25, 0.3) is 0 Å². The summed E-state index contributed by atoms with van der Waals surface area (Å²) in [6.45, 7) is 8.57. The van der Waals surface area contributed by atoms with Crippen molar-refractivity contribution in [1.29, 1.82) is 5.26 Å². The molecule has 2 aliphatic rings. The third-order valence-electron chi connectivity index (χ3n) is 5.35. The van der Waals surface area contributed by atoms with Gasteiger partial charge in [-0.25, -0.2) is 9.78 Å². The molecule has 3 atom stereocenters. The molecule has 31 heavy (non-hydrogen) atoms. The number of nitrogens with zero attached hydrogens (tertiary/aromatic N) is 3. The second kappa shape index (κ2) is 8.48. The normalized spacial score (nSPS) is 23.2. The van der Waals surface area contributed by atoms with Gasteiger partial charge in [0.15, 0.2) is 0 Å². The van der Waals surface area contributed by atoms with Crippen LogP contribution in [-0.4, -0.2) is 53.0 Å². The number of hydrogen-bond acceptors (Lipinski definition) is 7. The van der Waals surface area contributed by atoms with Crippen molar-refractivity contribution in [2.24, 2.45) is 0 Å². The predicted octanol–water partition coefficient (Wildman–Crippen LogP) is 4.54. The molecule has 0 spiro atoms. The molecule has 1 aliphatic heterocycles. The Bertz CT molecular complexity index is 1010. The second-order valence-electron chi connectivity index (χ2n) is 8.94. The van der Waals surface area contributed by atoms with Gasteiger partial charge < -0.3 is 19.1 Å². The molecular formula is C23H27N3O4S. The van der Waals surface area contributed by atoms with E-state index in [-0.39, 0.29) is 24.3 Å². The molecule has 2 fully saturated rings. The maximum atomic E-state index is 12.7. The molecule has 1 saturated carbocycles. The molecule has 0 radical (unpaired) electrons. The van der Waals surface area contributed by atoms with Crippen LogP contribution in [0.4, 0.5) is 4.79 Å². The molecule has 0 unspecified atom stereocenters. The monoisotopic (exact) mass is 441 g/mol. The molecule has 1 saturated heterocycles. The molecule has 2 heterocycles. The number of aromatic nitrogens is 1. The number of hydrogen-bond donors (Lipinski definition) is 0. The van der Waals surface area contributed by atoms with Gasteiger partial charge in [-0.1, -0.05) is 0 Å². The maximum absolute atomic E-state index is 12.7. The fourth-order valence-electron chi connectivity index (χ4n) is 4.11. The molecule has 1 aromatic heterocycles. The Morgan fingerprint density at radius 2 is 2.13 bits per heavy atom. The third kappa shape index (κ3) is 4.83. The summed E-state index contributed by atoms with van der Waals surface area (Å²) in [6, 6.07) is 7.61. The molecule has 8 heteroatoms. The van der Waals surface area contributed by atoms with Gasteiger partial charge in [0.05, 0.1) is 24.3 Å². The minimum absolute atomic E-state index is 0.0752. The van der Waals surface area contributed by atoms with Crippen molar-refractivity contribution >= 4 is 17.4 Å². The molecule has 164 valence electrons. The average molecular weight is 442 g/mol. The Hall–Kier alpha value is -2.63. The summed E-state index contributed by atoms with van der Waals surface area (Å²) in [6.07, 6.45) is 2.64. The lowest BCUT2D eigenvalue weighted by Gasteiger charge is -2.39. The Kier molecular flexibility index (Phi) is 5.91. The van der Waals surface area contributed by atoms with E-state index in [2.05, 4.69) is 11.1 Å². The Labute approximate surface area is 186 Å².